The highest BCUT2D eigenvalue weighted by molar-refractivity contribution is 9.09. The summed E-state index contributed by atoms with van der Waals surface area (Å²) < 4.78 is 9.67. The summed E-state index contributed by atoms with van der Waals surface area (Å²) in [6, 6.07) is 0. The Kier molecular flexibility index (Phi) is 3.89. The average molecular weight is 211 g/mol. The molecule has 0 aliphatic heterocycles. The maximum Gasteiger partial charge on any atom is 0.319 e. The summed E-state index contributed by atoms with van der Waals surface area (Å²) in [5.41, 5.74) is 0. The van der Waals surface area contributed by atoms with Crippen molar-refractivity contribution in [3.05, 3.63) is 0 Å². The van der Waals surface area contributed by atoms with Gasteiger partial charge in [0.1, 0.15) is 5.33 Å². The Morgan fingerprint density at radius 3 is 2.40 bits per heavy atom. The normalized spacial score (nSPS) is 11.2. The van der Waals surface area contributed by atoms with E-state index in [0.29, 0.717) is 0 Å². The van der Waals surface area contributed by atoms with Crippen LogP contribution < -0.4 is 0 Å². The second-order valence-electron chi connectivity index (χ2n) is 2.21. The molecule has 0 bridgehead atoms. The molecule has 0 aromatic heterocycles. The van der Waals surface area contributed by atoms with Crippen molar-refractivity contribution in [2.45, 2.75) is 19.6 Å². The van der Waals surface area contributed by atoms with E-state index >= 15 is 0 Å². The van der Waals surface area contributed by atoms with Gasteiger partial charge in [0, 0.05) is 21.0 Å². The number of rotatable bonds is 3. The van der Waals surface area contributed by atoms with Gasteiger partial charge in [-0.05, 0) is 0 Å². The molecule has 0 N–H and O–H groups in total. The van der Waals surface area contributed by atoms with Crippen molar-refractivity contribution in [1.82, 2.24) is 0 Å². The number of halogens is 1. The molecule has 3 nitrogen and oxygen atoms in total. The molecule has 4 heteroatoms. The second kappa shape index (κ2) is 3.93. The van der Waals surface area contributed by atoms with Gasteiger partial charge in [0.05, 0.1) is 0 Å². The van der Waals surface area contributed by atoms with E-state index in [1.807, 2.05) is 0 Å². The van der Waals surface area contributed by atoms with Crippen molar-refractivity contribution in [2.24, 2.45) is 0 Å². The van der Waals surface area contributed by atoms with Gasteiger partial charge >= 0.3 is 5.97 Å². The first kappa shape index (κ1) is 9.91. The quantitative estimate of drug-likeness (QED) is 0.401. The molecule has 0 aliphatic rings. The average Bonchev–Trinajstić information content (AvgIpc) is 1.87. The van der Waals surface area contributed by atoms with Gasteiger partial charge < -0.3 is 9.47 Å². The van der Waals surface area contributed by atoms with E-state index in [0.717, 1.165) is 0 Å². The molecule has 0 saturated carbocycles. The molecule has 0 aromatic rings. The molecule has 10 heavy (non-hydrogen) atoms. The number of hydrogen-bond donors (Lipinski definition) is 0. The van der Waals surface area contributed by atoms with Crippen LogP contribution in [0.25, 0.3) is 0 Å². The fourth-order valence-corrected chi connectivity index (χ4v) is 0.458. The molecule has 0 aromatic carbocycles. The molecule has 0 aliphatic carbocycles. The number of alkyl halides is 1. The van der Waals surface area contributed by atoms with Gasteiger partial charge in [0.25, 0.3) is 0 Å². The van der Waals surface area contributed by atoms with E-state index in [4.69, 9.17) is 9.47 Å². The van der Waals surface area contributed by atoms with E-state index < -0.39 is 5.79 Å². The lowest BCUT2D eigenvalue weighted by molar-refractivity contribution is -0.202. The van der Waals surface area contributed by atoms with Gasteiger partial charge in [-0.3, -0.25) is 4.79 Å². The fraction of sp³-hybridized carbons (Fsp3) is 0.833. The summed E-state index contributed by atoms with van der Waals surface area (Å²) in [6.45, 7) is 3.35. The zero-order valence-corrected chi connectivity index (χ0v) is 7.90. The van der Waals surface area contributed by atoms with Crippen LogP contribution in [0.3, 0.4) is 0 Å². The third kappa shape index (κ3) is 3.85. The SMILES string of the molecule is COC(C)(C)OC(=O)CBr. The number of carbonyl (C=O) groups is 1. The Morgan fingerprint density at radius 2 is 2.10 bits per heavy atom. The van der Waals surface area contributed by atoms with E-state index in [9.17, 15) is 4.79 Å². The van der Waals surface area contributed by atoms with Crippen molar-refractivity contribution >= 4 is 21.9 Å². The van der Waals surface area contributed by atoms with Crippen molar-refractivity contribution < 1.29 is 14.3 Å². The molecule has 0 radical (unpaired) electrons. The van der Waals surface area contributed by atoms with E-state index in [-0.39, 0.29) is 11.3 Å². The highest BCUT2D eigenvalue weighted by Crippen LogP contribution is 2.09. The van der Waals surface area contributed by atoms with Crippen LogP contribution in [0.15, 0.2) is 0 Å². The minimum atomic E-state index is -0.815. The van der Waals surface area contributed by atoms with Crippen LogP contribution in [-0.2, 0) is 14.3 Å². The monoisotopic (exact) mass is 210 g/mol. The van der Waals surface area contributed by atoms with Crippen LogP contribution in [0.2, 0.25) is 0 Å². The minimum absolute atomic E-state index is 0.194. The Bertz CT molecular complexity index is 122. The largest absolute Gasteiger partial charge is 0.433 e. The van der Waals surface area contributed by atoms with Crippen LogP contribution in [-0.4, -0.2) is 24.2 Å². The summed E-state index contributed by atoms with van der Waals surface area (Å²) in [5.74, 6) is -1.14. The lowest BCUT2D eigenvalue weighted by atomic mass is 10.4. The predicted molar refractivity (Wildman–Crippen MR) is 41.0 cm³/mol. The van der Waals surface area contributed by atoms with E-state index in [1.54, 1.807) is 13.8 Å². The summed E-state index contributed by atoms with van der Waals surface area (Å²) >= 11 is 2.97. The maximum absolute atomic E-state index is 10.6. The van der Waals surface area contributed by atoms with Crippen molar-refractivity contribution in [2.75, 3.05) is 12.4 Å². The van der Waals surface area contributed by atoms with Gasteiger partial charge in [-0.2, -0.15) is 0 Å². The first-order valence-electron chi connectivity index (χ1n) is 2.85. The fourth-order valence-electron chi connectivity index (χ4n) is 0.343. The van der Waals surface area contributed by atoms with Crippen LogP contribution in [0, 0.1) is 0 Å². The predicted octanol–water partition coefficient (Wildman–Crippen LogP) is 1.31. The molecule has 0 spiro atoms. The number of carbonyl (C=O) groups excluding carboxylic acids is 1. The van der Waals surface area contributed by atoms with Crippen LogP contribution >= 0.6 is 15.9 Å². The molecule has 0 rings (SSSR count). The molecule has 0 heterocycles. The van der Waals surface area contributed by atoms with Crippen LogP contribution in [0.1, 0.15) is 13.8 Å². The molecule has 0 atom stereocenters. The first-order valence-corrected chi connectivity index (χ1v) is 3.97. The number of methoxy groups -OCH3 is 1. The molecular formula is C6H11BrO3. The third-order valence-electron chi connectivity index (χ3n) is 0.960. The number of ether oxygens (including phenoxy) is 2. The van der Waals surface area contributed by atoms with Crippen LogP contribution in [0.4, 0.5) is 0 Å². The van der Waals surface area contributed by atoms with Crippen LogP contribution in [0.5, 0.6) is 0 Å². The molecule has 0 amide bonds. The summed E-state index contributed by atoms with van der Waals surface area (Å²) in [4.78, 5) is 10.6. The summed E-state index contributed by atoms with van der Waals surface area (Å²) in [6.07, 6.45) is 0. The Morgan fingerprint density at radius 1 is 1.60 bits per heavy atom. The van der Waals surface area contributed by atoms with Gasteiger partial charge in [0.15, 0.2) is 0 Å². The summed E-state index contributed by atoms with van der Waals surface area (Å²) in [5, 5.41) is 0.194. The highest BCUT2D eigenvalue weighted by atomic mass is 79.9. The number of esters is 1. The van der Waals surface area contributed by atoms with Crippen molar-refractivity contribution in [3.8, 4) is 0 Å². The second-order valence-corrected chi connectivity index (χ2v) is 2.77. The standard InChI is InChI=1S/C6H11BrO3/c1-6(2,9-3)10-5(8)4-7/h4H2,1-3H3. The van der Waals surface area contributed by atoms with Gasteiger partial charge in [-0.25, -0.2) is 0 Å². The zero-order chi connectivity index (χ0) is 8.20. The highest BCUT2D eigenvalue weighted by Gasteiger charge is 2.20. The Hall–Kier alpha value is -0.0900. The molecule has 0 unspecified atom stereocenters. The smallest absolute Gasteiger partial charge is 0.319 e. The van der Waals surface area contributed by atoms with E-state index in [1.165, 1.54) is 7.11 Å². The molecule has 0 saturated heterocycles. The van der Waals surface area contributed by atoms with Gasteiger partial charge in [-0.15, -0.1) is 0 Å². The summed E-state index contributed by atoms with van der Waals surface area (Å²) in [7, 11) is 1.49. The lowest BCUT2D eigenvalue weighted by Gasteiger charge is -2.22. The Balaban J connectivity index is 3.76. The zero-order valence-electron chi connectivity index (χ0n) is 6.31. The minimum Gasteiger partial charge on any atom is -0.433 e. The molecular weight excluding hydrogens is 200 g/mol. The third-order valence-corrected chi connectivity index (χ3v) is 1.42. The lowest BCUT2D eigenvalue weighted by Crippen LogP contribution is -2.30. The van der Waals surface area contributed by atoms with Gasteiger partial charge in [-0.1, -0.05) is 15.9 Å². The Labute approximate surface area is 68.8 Å². The number of hydrogen-bond acceptors (Lipinski definition) is 3. The first-order chi connectivity index (χ1) is 4.52. The van der Waals surface area contributed by atoms with E-state index in [2.05, 4.69) is 15.9 Å². The molecule has 0 fully saturated rings. The molecule has 60 valence electrons. The van der Waals surface area contributed by atoms with Gasteiger partial charge in [0.2, 0.25) is 5.79 Å². The maximum atomic E-state index is 10.6. The topological polar surface area (TPSA) is 35.5 Å². The van der Waals surface area contributed by atoms with Crippen molar-refractivity contribution in [1.29, 1.82) is 0 Å². The van der Waals surface area contributed by atoms with Crippen molar-refractivity contribution in [3.63, 3.8) is 0 Å².